The number of aryl methyl sites for hydroxylation is 1. The summed E-state index contributed by atoms with van der Waals surface area (Å²) in [5, 5.41) is 17.8. The van der Waals surface area contributed by atoms with Gasteiger partial charge in [0.25, 0.3) is 0 Å². The zero-order valence-electron chi connectivity index (χ0n) is 25.5. The normalized spacial score (nSPS) is 40.8. The van der Waals surface area contributed by atoms with Gasteiger partial charge >= 0.3 is 5.97 Å². The lowest BCUT2D eigenvalue weighted by atomic mass is 9.59. The molecule has 218 valence electrons. The van der Waals surface area contributed by atoms with E-state index in [0.29, 0.717) is 28.4 Å². The Bertz CT molecular complexity index is 1370. The van der Waals surface area contributed by atoms with Gasteiger partial charge in [-0.3, -0.25) is 9.48 Å². The van der Waals surface area contributed by atoms with Crippen molar-refractivity contribution in [2.45, 2.75) is 105 Å². The zero-order chi connectivity index (χ0) is 29.3. The van der Waals surface area contributed by atoms with Crippen LogP contribution in [0.25, 0.3) is 0 Å². The molecule has 1 aromatic heterocycles. The predicted molar refractivity (Wildman–Crippen MR) is 148 cm³/mol. The number of carbonyl (C=O) groups is 2. The van der Waals surface area contributed by atoms with E-state index in [1.54, 1.807) is 6.92 Å². The van der Waals surface area contributed by atoms with Crippen LogP contribution < -0.4 is 0 Å². The molecule has 8 nitrogen and oxygen atoms in total. The van der Waals surface area contributed by atoms with Crippen LogP contribution in [-0.4, -0.2) is 56.8 Å². The fourth-order valence-corrected chi connectivity index (χ4v) is 8.93. The number of hydrogen-bond acceptors (Lipinski definition) is 7. The molecule has 40 heavy (non-hydrogen) atoms. The van der Waals surface area contributed by atoms with E-state index in [4.69, 9.17) is 14.2 Å². The van der Waals surface area contributed by atoms with Crippen molar-refractivity contribution in [1.82, 2.24) is 9.78 Å². The van der Waals surface area contributed by atoms with Crippen molar-refractivity contribution in [3.63, 3.8) is 0 Å². The van der Waals surface area contributed by atoms with Crippen molar-refractivity contribution < 1.29 is 28.9 Å². The van der Waals surface area contributed by atoms with Gasteiger partial charge in [-0.25, -0.2) is 4.79 Å². The second kappa shape index (κ2) is 8.39. The van der Waals surface area contributed by atoms with Crippen molar-refractivity contribution in [2.24, 2.45) is 34.5 Å². The fourth-order valence-electron chi connectivity index (χ4n) is 8.93. The summed E-state index contributed by atoms with van der Waals surface area (Å²) in [5.41, 5.74) is 0.0430. The van der Waals surface area contributed by atoms with E-state index in [0.717, 1.165) is 12.0 Å². The molecular formula is C32H44N2O6. The molecule has 3 fully saturated rings. The molecule has 0 amide bonds. The van der Waals surface area contributed by atoms with Crippen molar-refractivity contribution in [2.75, 3.05) is 6.61 Å². The van der Waals surface area contributed by atoms with Crippen LogP contribution in [0.2, 0.25) is 0 Å². The number of Topliss-reactive ketones (excluding diaryl/α,β-unsaturated/α-hetero) is 1. The molecule has 2 saturated carbocycles. The number of esters is 1. The highest BCUT2D eigenvalue weighted by molar-refractivity contribution is 5.96. The van der Waals surface area contributed by atoms with Gasteiger partial charge in [0.15, 0.2) is 23.3 Å². The van der Waals surface area contributed by atoms with E-state index in [9.17, 15) is 14.7 Å². The number of rotatable bonds is 3. The monoisotopic (exact) mass is 552 g/mol. The lowest BCUT2D eigenvalue weighted by molar-refractivity contribution is -0.302. The van der Waals surface area contributed by atoms with Gasteiger partial charge in [-0.15, -0.1) is 0 Å². The van der Waals surface area contributed by atoms with Crippen molar-refractivity contribution in [3.05, 3.63) is 40.2 Å². The van der Waals surface area contributed by atoms with E-state index >= 15 is 0 Å². The van der Waals surface area contributed by atoms with Gasteiger partial charge in [0.2, 0.25) is 0 Å². The van der Waals surface area contributed by atoms with Crippen LogP contribution in [0, 0.1) is 48.3 Å². The summed E-state index contributed by atoms with van der Waals surface area (Å²) < 4.78 is 20.7. The number of ether oxygens (including phenoxy) is 3. The Balaban J connectivity index is 1.50. The average Bonchev–Trinajstić information content (AvgIpc) is 3.16. The number of ketones is 1. The first kappa shape index (κ1) is 27.9. The predicted octanol–water partition coefficient (Wildman–Crippen LogP) is 4.87. The van der Waals surface area contributed by atoms with Crippen molar-refractivity contribution in [1.29, 1.82) is 0 Å². The van der Waals surface area contributed by atoms with Gasteiger partial charge in [0, 0.05) is 12.0 Å². The quantitative estimate of drug-likeness (QED) is 0.422. The SMILES string of the molecule is CC1=C[C@]23C(=O)[C@@H](C=C4COC(C)(C)O[C@H]4[C@]2(O)[C@H]1OC(=O)c1c(C)nn(C(C)C)c1C)[C@H]1[C@@H](C[C@H]3C)C1(C)C. The Morgan fingerprint density at radius 2 is 1.88 bits per heavy atom. The number of aliphatic hydroxyl groups is 1. The average molecular weight is 553 g/mol. The maximum absolute atomic E-state index is 14.8. The molecule has 1 spiro atoms. The van der Waals surface area contributed by atoms with Crippen LogP contribution in [0.3, 0.4) is 0 Å². The van der Waals surface area contributed by atoms with Crippen LogP contribution >= 0.6 is 0 Å². The number of carbonyl (C=O) groups excluding carboxylic acids is 2. The molecule has 1 N–H and O–H groups in total. The second-order valence-electron chi connectivity index (χ2n) is 14.4. The Hall–Kier alpha value is -2.29. The summed E-state index contributed by atoms with van der Waals surface area (Å²) in [6.45, 7) is 20.0. The standard InChI is InChI=1S/C32H44N2O6/c1-15(2)34-19(6)23(18(5)33-34)28(36)39-26-16(3)13-31-17(4)11-22-24(29(22,7)8)21(25(31)35)12-20-14-38-30(9,10)40-27(20)32(26,31)37/h12-13,15,17,21-22,24,26-27,37H,11,14H2,1-10H3/t17-,21+,22-,24+,26+,27-,31+,32-/m1/s1. The van der Waals surface area contributed by atoms with Gasteiger partial charge in [0.05, 0.1) is 23.4 Å². The Labute approximate surface area is 237 Å². The van der Waals surface area contributed by atoms with E-state index in [2.05, 4.69) is 25.9 Å². The van der Waals surface area contributed by atoms with Crippen LogP contribution in [0.5, 0.6) is 0 Å². The minimum absolute atomic E-state index is 0.00164. The van der Waals surface area contributed by atoms with Crippen molar-refractivity contribution >= 4 is 11.8 Å². The van der Waals surface area contributed by atoms with E-state index < -0.39 is 35.0 Å². The molecule has 1 aromatic rings. The highest BCUT2D eigenvalue weighted by Crippen LogP contribution is 2.72. The Morgan fingerprint density at radius 3 is 2.50 bits per heavy atom. The minimum atomic E-state index is -1.83. The molecule has 8 heteroatoms. The number of hydrogen-bond donors (Lipinski definition) is 1. The number of allylic oxidation sites excluding steroid dienone is 1. The molecule has 0 unspecified atom stereocenters. The fraction of sp³-hybridized carbons (Fsp3) is 0.719. The van der Waals surface area contributed by atoms with Gasteiger partial charge < -0.3 is 19.3 Å². The molecule has 6 rings (SSSR count). The van der Waals surface area contributed by atoms with E-state index in [1.165, 1.54) is 0 Å². The molecule has 2 bridgehead atoms. The minimum Gasteiger partial charge on any atom is -0.451 e. The summed E-state index contributed by atoms with van der Waals surface area (Å²) in [5.74, 6) is -1.53. The third-order valence-corrected chi connectivity index (χ3v) is 10.9. The summed E-state index contributed by atoms with van der Waals surface area (Å²) >= 11 is 0. The third kappa shape index (κ3) is 3.39. The summed E-state index contributed by atoms with van der Waals surface area (Å²) in [7, 11) is 0. The smallest absolute Gasteiger partial charge is 0.342 e. The van der Waals surface area contributed by atoms with Crippen LogP contribution in [-0.2, 0) is 19.0 Å². The van der Waals surface area contributed by atoms with Crippen molar-refractivity contribution in [3.8, 4) is 0 Å². The number of nitrogens with zero attached hydrogens (tertiary/aromatic N) is 2. The first-order valence-electron chi connectivity index (χ1n) is 14.7. The number of aromatic nitrogens is 2. The first-order chi connectivity index (χ1) is 18.5. The molecule has 8 atom stereocenters. The highest BCUT2D eigenvalue weighted by atomic mass is 16.7. The molecule has 2 heterocycles. The number of fused-ring (bicyclic) bond motifs is 5. The molecule has 1 aliphatic heterocycles. The largest absolute Gasteiger partial charge is 0.451 e. The lowest BCUT2D eigenvalue weighted by Crippen LogP contribution is -2.68. The van der Waals surface area contributed by atoms with Gasteiger partial charge in [0.1, 0.15) is 11.7 Å². The molecule has 4 aliphatic carbocycles. The maximum Gasteiger partial charge on any atom is 0.342 e. The van der Waals surface area contributed by atoms with Gasteiger partial charge in [-0.1, -0.05) is 32.9 Å². The Kier molecular flexibility index (Phi) is 5.84. The molecule has 0 aromatic carbocycles. The van der Waals surface area contributed by atoms with Crippen LogP contribution in [0.15, 0.2) is 23.3 Å². The summed E-state index contributed by atoms with van der Waals surface area (Å²) in [4.78, 5) is 28.7. The van der Waals surface area contributed by atoms with E-state index in [1.807, 2.05) is 58.4 Å². The maximum atomic E-state index is 14.8. The summed E-state index contributed by atoms with van der Waals surface area (Å²) in [6.07, 6.45) is 2.80. The first-order valence-corrected chi connectivity index (χ1v) is 14.7. The second-order valence-corrected chi connectivity index (χ2v) is 14.4. The lowest BCUT2D eigenvalue weighted by Gasteiger charge is -2.52. The van der Waals surface area contributed by atoms with Gasteiger partial charge in [-0.2, -0.15) is 5.10 Å². The topological polar surface area (TPSA) is 99.9 Å². The highest BCUT2D eigenvalue weighted by Gasteiger charge is 2.77. The molecule has 5 aliphatic rings. The third-order valence-electron chi connectivity index (χ3n) is 10.9. The molecule has 1 saturated heterocycles. The molecule has 0 radical (unpaired) electrons. The van der Waals surface area contributed by atoms with E-state index in [-0.39, 0.29) is 41.6 Å². The summed E-state index contributed by atoms with van der Waals surface area (Å²) in [6, 6.07) is 0.0744. The van der Waals surface area contributed by atoms with Crippen LogP contribution in [0.1, 0.15) is 89.6 Å². The zero-order valence-corrected chi connectivity index (χ0v) is 25.5. The van der Waals surface area contributed by atoms with Crippen LogP contribution in [0.4, 0.5) is 0 Å². The Morgan fingerprint density at radius 1 is 1.20 bits per heavy atom. The van der Waals surface area contributed by atoms with Gasteiger partial charge in [-0.05, 0) is 89.2 Å². The molecular weight excluding hydrogens is 508 g/mol.